The lowest BCUT2D eigenvalue weighted by Gasteiger charge is -2.43. The van der Waals surface area contributed by atoms with Crippen molar-refractivity contribution in [1.82, 2.24) is 20.1 Å². The summed E-state index contributed by atoms with van der Waals surface area (Å²) < 4.78 is 0. The van der Waals surface area contributed by atoms with Crippen LogP contribution in [-0.4, -0.2) is 58.8 Å². The fourth-order valence-electron chi connectivity index (χ4n) is 2.54. The van der Waals surface area contributed by atoms with Gasteiger partial charge in [-0.05, 0) is 0 Å². The van der Waals surface area contributed by atoms with Crippen molar-refractivity contribution in [2.45, 2.75) is 12.6 Å². The first kappa shape index (κ1) is 15.0. The quantitative estimate of drug-likeness (QED) is 0.703. The zero-order valence-electron chi connectivity index (χ0n) is 10.7. The molecule has 0 aliphatic carbocycles. The Morgan fingerprint density at radius 1 is 1.45 bits per heavy atom. The molecule has 1 atom stereocenters. The number of carbonyl (C=O) groups excluding carboxylic acids is 2. The molecule has 2 aliphatic heterocycles. The molecule has 0 bridgehead atoms. The molecule has 3 heterocycles. The number of nitrogens with zero attached hydrogens (tertiary/aromatic N) is 3. The SMILES string of the molecule is Cl.Nc1ncc(CN2CCN3C(=O)C(=O)NCC3C2)s1. The van der Waals surface area contributed by atoms with Gasteiger partial charge in [-0.15, -0.1) is 23.7 Å². The van der Waals surface area contributed by atoms with E-state index in [1.54, 1.807) is 11.1 Å². The highest BCUT2D eigenvalue weighted by atomic mass is 35.5. The Bertz CT molecular complexity index is 523. The second kappa shape index (κ2) is 5.94. The van der Waals surface area contributed by atoms with Crippen molar-refractivity contribution >= 4 is 40.7 Å². The molecular weight excluding hydrogens is 302 g/mol. The number of thiazole rings is 1. The topological polar surface area (TPSA) is 91.6 Å². The van der Waals surface area contributed by atoms with Crippen LogP contribution in [0.25, 0.3) is 0 Å². The maximum atomic E-state index is 11.7. The van der Waals surface area contributed by atoms with Gasteiger partial charge in [-0.2, -0.15) is 0 Å². The molecule has 1 aromatic heterocycles. The van der Waals surface area contributed by atoms with Gasteiger partial charge in [0, 0.05) is 43.8 Å². The van der Waals surface area contributed by atoms with Gasteiger partial charge in [0.05, 0.1) is 6.04 Å². The number of piperazine rings is 2. The first-order chi connectivity index (χ1) is 9.13. The monoisotopic (exact) mass is 317 g/mol. The van der Waals surface area contributed by atoms with Crippen LogP contribution in [0.5, 0.6) is 0 Å². The number of aromatic nitrogens is 1. The first-order valence-corrected chi connectivity index (χ1v) is 6.96. The lowest BCUT2D eigenvalue weighted by atomic mass is 10.1. The smallest absolute Gasteiger partial charge is 0.312 e. The number of rotatable bonds is 2. The number of hydrogen-bond donors (Lipinski definition) is 2. The highest BCUT2D eigenvalue weighted by molar-refractivity contribution is 7.15. The number of hydrogen-bond acceptors (Lipinski definition) is 6. The van der Waals surface area contributed by atoms with Crippen molar-refractivity contribution in [3.63, 3.8) is 0 Å². The zero-order chi connectivity index (χ0) is 13.4. The first-order valence-electron chi connectivity index (χ1n) is 6.15. The third-order valence-corrected chi connectivity index (χ3v) is 4.28. The van der Waals surface area contributed by atoms with E-state index in [2.05, 4.69) is 15.2 Å². The lowest BCUT2D eigenvalue weighted by molar-refractivity contribution is -0.152. The molecule has 2 saturated heterocycles. The summed E-state index contributed by atoms with van der Waals surface area (Å²) in [4.78, 5) is 32.1. The molecule has 2 amide bonds. The minimum atomic E-state index is -0.486. The second-order valence-electron chi connectivity index (χ2n) is 4.76. The summed E-state index contributed by atoms with van der Waals surface area (Å²) in [6, 6.07) is 0.0734. The highest BCUT2D eigenvalue weighted by Crippen LogP contribution is 2.19. The van der Waals surface area contributed by atoms with Crippen LogP contribution in [0.3, 0.4) is 0 Å². The Morgan fingerprint density at radius 2 is 2.25 bits per heavy atom. The van der Waals surface area contributed by atoms with E-state index in [4.69, 9.17) is 5.73 Å². The molecule has 1 unspecified atom stereocenters. The molecule has 0 saturated carbocycles. The van der Waals surface area contributed by atoms with E-state index in [1.807, 2.05) is 0 Å². The van der Waals surface area contributed by atoms with Gasteiger partial charge in [0.15, 0.2) is 5.13 Å². The predicted molar refractivity (Wildman–Crippen MR) is 77.6 cm³/mol. The maximum Gasteiger partial charge on any atom is 0.312 e. The fraction of sp³-hybridized carbons (Fsp3) is 0.545. The molecule has 0 spiro atoms. The van der Waals surface area contributed by atoms with Crippen LogP contribution in [-0.2, 0) is 16.1 Å². The van der Waals surface area contributed by atoms with E-state index in [0.29, 0.717) is 18.2 Å². The van der Waals surface area contributed by atoms with Gasteiger partial charge in [-0.1, -0.05) is 0 Å². The van der Waals surface area contributed by atoms with Crippen molar-refractivity contribution in [3.8, 4) is 0 Å². The van der Waals surface area contributed by atoms with Crippen LogP contribution in [0.2, 0.25) is 0 Å². The minimum absolute atomic E-state index is 0. The molecule has 3 rings (SSSR count). The van der Waals surface area contributed by atoms with Gasteiger partial charge in [0.2, 0.25) is 0 Å². The molecule has 110 valence electrons. The highest BCUT2D eigenvalue weighted by Gasteiger charge is 2.37. The number of nitrogens with one attached hydrogen (secondary N) is 1. The number of carbonyl (C=O) groups is 2. The van der Waals surface area contributed by atoms with Gasteiger partial charge < -0.3 is 16.0 Å². The van der Waals surface area contributed by atoms with Gasteiger partial charge in [-0.3, -0.25) is 14.5 Å². The van der Waals surface area contributed by atoms with E-state index in [-0.39, 0.29) is 18.4 Å². The Labute approximate surface area is 126 Å². The summed E-state index contributed by atoms with van der Waals surface area (Å²) in [5.41, 5.74) is 5.61. The average Bonchev–Trinajstić information content (AvgIpc) is 2.80. The Hall–Kier alpha value is -1.38. The number of halogens is 1. The molecule has 3 N–H and O–H groups in total. The molecule has 2 aliphatic rings. The molecule has 0 aromatic carbocycles. The second-order valence-corrected chi connectivity index (χ2v) is 5.91. The zero-order valence-corrected chi connectivity index (χ0v) is 12.4. The Kier molecular flexibility index (Phi) is 4.46. The van der Waals surface area contributed by atoms with Crippen LogP contribution in [0.15, 0.2) is 6.20 Å². The van der Waals surface area contributed by atoms with E-state index >= 15 is 0 Å². The van der Waals surface area contributed by atoms with Crippen molar-refractivity contribution in [2.24, 2.45) is 0 Å². The summed E-state index contributed by atoms with van der Waals surface area (Å²) in [7, 11) is 0. The van der Waals surface area contributed by atoms with Crippen LogP contribution in [0, 0.1) is 0 Å². The van der Waals surface area contributed by atoms with E-state index < -0.39 is 11.8 Å². The molecule has 1 aromatic rings. The van der Waals surface area contributed by atoms with E-state index in [1.165, 1.54) is 11.3 Å². The van der Waals surface area contributed by atoms with Crippen LogP contribution in [0.4, 0.5) is 5.13 Å². The number of anilines is 1. The number of nitrogens with two attached hydrogens (primary N) is 1. The number of nitrogen functional groups attached to an aromatic ring is 1. The van der Waals surface area contributed by atoms with Crippen molar-refractivity contribution in [3.05, 3.63) is 11.1 Å². The summed E-state index contributed by atoms with van der Waals surface area (Å²) in [5, 5.41) is 3.21. The Morgan fingerprint density at radius 3 is 2.95 bits per heavy atom. The molecule has 20 heavy (non-hydrogen) atoms. The summed E-state index contributed by atoms with van der Waals surface area (Å²) in [6.07, 6.45) is 1.79. The largest absolute Gasteiger partial charge is 0.375 e. The normalized spacial score (nSPS) is 23.0. The standard InChI is InChI=1S/C11H15N5O2S.ClH/c12-11-14-4-8(19-11)6-15-1-2-16-7(5-15)3-13-9(17)10(16)18;/h4,7H,1-3,5-6H2,(H2,12,14)(H,13,17);1H. The van der Waals surface area contributed by atoms with E-state index in [0.717, 1.165) is 24.5 Å². The molecule has 2 fully saturated rings. The van der Waals surface area contributed by atoms with Crippen LogP contribution >= 0.6 is 23.7 Å². The average molecular weight is 318 g/mol. The summed E-state index contributed by atoms with van der Waals surface area (Å²) in [6.45, 7) is 3.47. The minimum Gasteiger partial charge on any atom is -0.375 e. The molecule has 0 radical (unpaired) electrons. The lowest BCUT2D eigenvalue weighted by Crippen LogP contribution is -2.65. The predicted octanol–water partition coefficient (Wildman–Crippen LogP) is -0.710. The number of amides is 2. The molecular formula is C11H16ClN5O2S. The van der Waals surface area contributed by atoms with Crippen molar-refractivity contribution < 1.29 is 9.59 Å². The van der Waals surface area contributed by atoms with E-state index in [9.17, 15) is 9.59 Å². The molecule has 9 heteroatoms. The van der Waals surface area contributed by atoms with Gasteiger partial charge in [-0.25, -0.2) is 4.98 Å². The summed E-state index contributed by atoms with van der Waals surface area (Å²) in [5.74, 6) is -0.891. The van der Waals surface area contributed by atoms with Gasteiger partial charge in [0.25, 0.3) is 0 Å². The fourth-order valence-corrected chi connectivity index (χ4v) is 3.26. The van der Waals surface area contributed by atoms with Crippen LogP contribution < -0.4 is 11.1 Å². The van der Waals surface area contributed by atoms with Crippen molar-refractivity contribution in [2.75, 3.05) is 31.9 Å². The third kappa shape index (κ3) is 2.87. The van der Waals surface area contributed by atoms with Crippen molar-refractivity contribution in [1.29, 1.82) is 0 Å². The molecule has 7 nitrogen and oxygen atoms in total. The van der Waals surface area contributed by atoms with Gasteiger partial charge in [0.1, 0.15) is 0 Å². The van der Waals surface area contributed by atoms with Crippen LogP contribution in [0.1, 0.15) is 4.88 Å². The number of fused-ring (bicyclic) bond motifs is 1. The van der Waals surface area contributed by atoms with Gasteiger partial charge >= 0.3 is 11.8 Å². The Balaban J connectivity index is 0.00000147. The third-order valence-electron chi connectivity index (χ3n) is 3.47. The summed E-state index contributed by atoms with van der Waals surface area (Å²) >= 11 is 1.49. The maximum absolute atomic E-state index is 11.7.